The summed E-state index contributed by atoms with van der Waals surface area (Å²) >= 11 is 1.76. The molecule has 0 aromatic carbocycles. The monoisotopic (exact) mass is 289 g/mol. The zero-order chi connectivity index (χ0) is 14.2. The zero-order valence-electron chi connectivity index (χ0n) is 12.5. The molecule has 0 radical (unpaired) electrons. The van der Waals surface area contributed by atoms with E-state index in [0.29, 0.717) is 17.5 Å². The van der Waals surface area contributed by atoms with Crippen molar-refractivity contribution in [1.29, 1.82) is 0 Å². The van der Waals surface area contributed by atoms with E-state index in [1.54, 1.807) is 11.3 Å². The Morgan fingerprint density at radius 1 is 1.45 bits per heavy atom. The summed E-state index contributed by atoms with van der Waals surface area (Å²) in [4.78, 5) is 5.85. The number of hydrogen-bond donors (Lipinski definition) is 1. The van der Waals surface area contributed by atoms with Crippen molar-refractivity contribution in [1.82, 2.24) is 14.9 Å². The van der Waals surface area contributed by atoms with E-state index in [-0.39, 0.29) is 0 Å². The van der Waals surface area contributed by atoms with Gasteiger partial charge in [-0.15, -0.1) is 11.3 Å². The van der Waals surface area contributed by atoms with E-state index in [9.17, 15) is 0 Å². The number of rotatable bonds is 3. The van der Waals surface area contributed by atoms with Crippen LogP contribution in [0.15, 0.2) is 29.9 Å². The van der Waals surface area contributed by atoms with Crippen molar-refractivity contribution in [2.75, 3.05) is 7.05 Å². The van der Waals surface area contributed by atoms with Gasteiger partial charge in [-0.1, -0.05) is 19.9 Å². The lowest BCUT2D eigenvalue weighted by Crippen LogP contribution is -2.42. The highest BCUT2D eigenvalue weighted by Crippen LogP contribution is 2.42. The molecule has 3 rings (SSSR count). The quantitative estimate of drug-likeness (QED) is 0.927. The third-order valence-corrected chi connectivity index (χ3v) is 5.36. The van der Waals surface area contributed by atoms with Gasteiger partial charge >= 0.3 is 0 Å². The molecule has 2 unspecified atom stereocenters. The lowest BCUT2D eigenvalue weighted by molar-refractivity contribution is 0.148. The zero-order valence-corrected chi connectivity index (χ0v) is 13.3. The maximum Gasteiger partial charge on any atom is 0.150 e. The van der Waals surface area contributed by atoms with Crippen LogP contribution in [0.25, 0.3) is 10.7 Å². The predicted octanol–water partition coefficient (Wildman–Crippen LogP) is 3.95. The van der Waals surface area contributed by atoms with Crippen LogP contribution in [0.1, 0.15) is 39.2 Å². The SMILES string of the molecule is CNC1CCC(C)(C)CC1n1ccnc1-c1cccs1. The van der Waals surface area contributed by atoms with Crippen LogP contribution in [0.2, 0.25) is 0 Å². The highest BCUT2D eigenvalue weighted by Gasteiger charge is 2.36. The summed E-state index contributed by atoms with van der Waals surface area (Å²) < 4.78 is 2.38. The van der Waals surface area contributed by atoms with Crippen molar-refractivity contribution in [3.63, 3.8) is 0 Å². The van der Waals surface area contributed by atoms with Gasteiger partial charge in [0.1, 0.15) is 5.82 Å². The molecule has 1 fully saturated rings. The van der Waals surface area contributed by atoms with Crippen LogP contribution in [-0.2, 0) is 0 Å². The summed E-state index contributed by atoms with van der Waals surface area (Å²) in [5, 5.41) is 5.63. The van der Waals surface area contributed by atoms with Crippen molar-refractivity contribution < 1.29 is 0 Å². The molecule has 0 spiro atoms. The first kappa shape index (κ1) is 13.8. The van der Waals surface area contributed by atoms with Gasteiger partial charge in [0.05, 0.1) is 10.9 Å². The summed E-state index contributed by atoms with van der Waals surface area (Å²) in [5.74, 6) is 1.11. The van der Waals surface area contributed by atoms with E-state index in [4.69, 9.17) is 0 Å². The van der Waals surface area contributed by atoms with Crippen LogP contribution < -0.4 is 5.32 Å². The van der Waals surface area contributed by atoms with E-state index < -0.39 is 0 Å². The largest absolute Gasteiger partial charge is 0.326 e. The smallest absolute Gasteiger partial charge is 0.150 e. The molecule has 4 heteroatoms. The fraction of sp³-hybridized carbons (Fsp3) is 0.562. The Kier molecular flexibility index (Phi) is 3.69. The average Bonchev–Trinajstić information content (AvgIpc) is 3.08. The van der Waals surface area contributed by atoms with Crippen molar-refractivity contribution in [2.24, 2.45) is 5.41 Å². The highest BCUT2D eigenvalue weighted by atomic mass is 32.1. The van der Waals surface area contributed by atoms with Crippen LogP contribution in [0.3, 0.4) is 0 Å². The van der Waals surface area contributed by atoms with Gasteiger partial charge in [0.15, 0.2) is 0 Å². The first-order chi connectivity index (χ1) is 9.61. The minimum Gasteiger partial charge on any atom is -0.326 e. The molecule has 0 bridgehead atoms. The highest BCUT2D eigenvalue weighted by molar-refractivity contribution is 7.13. The molecule has 1 aliphatic rings. The first-order valence-electron chi connectivity index (χ1n) is 7.35. The second-order valence-corrected chi connectivity index (χ2v) is 7.45. The predicted molar refractivity (Wildman–Crippen MR) is 85.1 cm³/mol. The van der Waals surface area contributed by atoms with E-state index in [2.05, 4.69) is 59.5 Å². The topological polar surface area (TPSA) is 29.9 Å². The summed E-state index contributed by atoms with van der Waals surface area (Å²) in [6.45, 7) is 4.77. The Morgan fingerprint density at radius 3 is 3.00 bits per heavy atom. The maximum absolute atomic E-state index is 4.60. The number of nitrogens with one attached hydrogen (secondary N) is 1. The lowest BCUT2D eigenvalue weighted by Gasteiger charge is -2.41. The minimum absolute atomic E-state index is 0.412. The normalized spacial score (nSPS) is 25.8. The van der Waals surface area contributed by atoms with Crippen molar-refractivity contribution in [2.45, 2.75) is 45.2 Å². The number of imidazole rings is 1. The number of likely N-dealkylation sites (N-methyl/N-ethyl adjacent to an activating group) is 1. The number of hydrogen-bond acceptors (Lipinski definition) is 3. The Morgan fingerprint density at radius 2 is 2.30 bits per heavy atom. The molecule has 0 amide bonds. The third kappa shape index (κ3) is 2.54. The Hall–Kier alpha value is -1.13. The van der Waals surface area contributed by atoms with Gasteiger partial charge in [0, 0.05) is 18.4 Å². The molecule has 2 aromatic heterocycles. The molecule has 0 aliphatic heterocycles. The van der Waals surface area contributed by atoms with Crippen LogP contribution in [0, 0.1) is 5.41 Å². The second kappa shape index (κ2) is 5.34. The first-order valence-corrected chi connectivity index (χ1v) is 8.23. The second-order valence-electron chi connectivity index (χ2n) is 6.50. The van der Waals surface area contributed by atoms with Crippen LogP contribution in [0.4, 0.5) is 0 Å². The number of nitrogens with zero attached hydrogens (tertiary/aromatic N) is 2. The molecule has 2 heterocycles. The van der Waals surface area contributed by atoms with Gasteiger partial charge in [-0.3, -0.25) is 0 Å². The van der Waals surface area contributed by atoms with Gasteiger partial charge in [0.2, 0.25) is 0 Å². The molecule has 1 N–H and O–H groups in total. The number of thiophene rings is 1. The molecule has 3 nitrogen and oxygen atoms in total. The van der Waals surface area contributed by atoms with Gasteiger partial charge in [-0.25, -0.2) is 4.98 Å². The Balaban J connectivity index is 1.96. The fourth-order valence-corrected chi connectivity index (χ4v) is 4.08. The fourth-order valence-electron chi connectivity index (χ4n) is 3.36. The van der Waals surface area contributed by atoms with Gasteiger partial charge in [0.25, 0.3) is 0 Å². The molecule has 20 heavy (non-hydrogen) atoms. The van der Waals surface area contributed by atoms with Crippen molar-refractivity contribution in [3.8, 4) is 10.7 Å². The van der Waals surface area contributed by atoms with Crippen LogP contribution >= 0.6 is 11.3 Å². The maximum atomic E-state index is 4.60. The average molecular weight is 289 g/mol. The molecule has 0 saturated heterocycles. The lowest BCUT2D eigenvalue weighted by atomic mass is 9.73. The van der Waals surface area contributed by atoms with E-state index in [1.165, 1.54) is 24.1 Å². The third-order valence-electron chi connectivity index (χ3n) is 4.50. The van der Waals surface area contributed by atoms with Gasteiger partial charge in [-0.2, -0.15) is 0 Å². The van der Waals surface area contributed by atoms with Gasteiger partial charge < -0.3 is 9.88 Å². The molecule has 2 aromatic rings. The molecular formula is C16H23N3S. The summed E-state index contributed by atoms with van der Waals surface area (Å²) in [7, 11) is 2.08. The molecule has 2 atom stereocenters. The van der Waals surface area contributed by atoms with Gasteiger partial charge in [-0.05, 0) is 43.2 Å². The van der Waals surface area contributed by atoms with Crippen molar-refractivity contribution >= 4 is 11.3 Å². The molecule has 108 valence electrons. The van der Waals surface area contributed by atoms with E-state index in [0.717, 1.165) is 5.82 Å². The van der Waals surface area contributed by atoms with Crippen LogP contribution in [-0.4, -0.2) is 22.6 Å². The number of aromatic nitrogens is 2. The molecule has 1 saturated carbocycles. The van der Waals surface area contributed by atoms with E-state index >= 15 is 0 Å². The summed E-state index contributed by atoms with van der Waals surface area (Å²) in [6, 6.07) is 5.28. The molecular weight excluding hydrogens is 266 g/mol. The van der Waals surface area contributed by atoms with E-state index in [1.807, 2.05) is 6.20 Å². The van der Waals surface area contributed by atoms with Crippen LogP contribution in [0.5, 0.6) is 0 Å². The standard InChI is InChI=1S/C16H23N3S/c1-16(2)7-6-12(17-3)13(11-16)19-9-8-18-15(19)14-5-4-10-20-14/h4-5,8-10,12-13,17H,6-7,11H2,1-3H3. The Labute approximate surface area is 125 Å². The summed E-state index contributed by atoms with van der Waals surface area (Å²) in [5.41, 5.74) is 0.412. The summed E-state index contributed by atoms with van der Waals surface area (Å²) in [6.07, 6.45) is 7.80. The molecule has 1 aliphatic carbocycles. The minimum atomic E-state index is 0.412. The Bertz CT molecular complexity index is 556. The van der Waals surface area contributed by atoms with Crippen molar-refractivity contribution in [3.05, 3.63) is 29.9 Å².